The highest BCUT2D eigenvalue weighted by molar-refractivity contribution is 5.59. The van der Waals surface area contributed by atoms with Crippen LogP contribution >= 0.6 is 0 Å². The van der Waals surface area contributed by atoms with Crippen LogP contribution in [0.4, 0.5) is 32.1 Å². The van der Waals surface area contributed by atoms with Gasteiger partial charge >= 0.3 is 0 Å². The zero-order valence-corrected chi connectivity index (χ0v) is 18.9. The Morgan fingerprint density at radius 3 is 2.62 bits per heavy atom. The highest BCUT2D eigenvalue weighted by Gasteiger charge is 2.43. The van der Waals surface area contributed by atoms with Gasteiger partial charge in [-0.15, -0.1) is 10.2 Å². The van der Waals surface area contributed by atoms with Crippen LogP contribution in [-0.4, -0.2) is 57.7 Å². The number of aromatic nitrogens is 5. The smallest absolute Gasteiger partial charge is 0.244 e. The summed E-state index contributed by atoms with van der Waals surface area (Å²) in [5.74, 6) is 0.960. The summed E-state index contributed by atoms with van der Waals surface area (Å²) in [4.78, 5) is 9.00. The van der Waals surface area contributed by atoms with E-state index in [1.54, 1.807) is 19.4 Å². The molecule has 1 saturated heterocycles. The Morgan fingerprint density at radius 1 is 1.03 bits per heavy atom. The van der Waals surface area contributed by atoms with Crippen molar-refractivity contribution in [3.8, 4) is 5.88 Å². The lowest BCUT2D eigenvalue weighted by molar-refractivity contribution is 0.372. The van der Waals surface area contributed by atoms with Gasteiger partial charge < -0.3 is 19.9 Å². The molecule has 2 aliphatic heterocycles. The number of anilines is 4. The first-order valence-electron chi connectivity index (χ1n) is 11.6. The summed E-state index contributed by atoms with van der Waals surface area (Å²) in [6, 6.07) is 6.16. The van der Waals surface area contributed by atoms with Crippen LogP contribution in [0.25, 0.3) is 0 Å². The van der Waals surface area contributed by atoms with Crippen LogP contribution in [0.1, 0.15) is 19.3 Å². The Labute approximate surface area is 195 Å². The quantitative estimate of drug-likeness (QED) is 0.611. The number of hydrogen-bond acceptors (Lipinski definition) is 8. The van der Waals surface area contributed by atoms with Gasteiger partial charge in [-0.1, -0.05) is 0 Å². The molecule has 2 bridgehead atoms. The van der Waals surface area contributed by atoms with E-state index >= 15 is 0 Å². The van der Waals surface area contributed by atoms with Crippen molar-refractivity contribution in [2.45, 2.75) is 31.8 Å². The van der Waals surface area contributed by atoms with Gasteiger partial charge in [0.15, 0.2) is 11.6 Å². The number of rotatable bonds is 5. The predicted octanol–water partition coefficient (Wildman–Crippen LogP) is 3.22. The highest BCUT2D eigenvalue weighted by Crippen LogP contribution is 2.40. The van der Waals surface area contributed by atoms with E-state index in [0.717, 1.165) is 50.7 Å². The van der Waals surface area contributed by atoms with Gasteiger partial charge in [0.2, 0.25) is 17.8 Å². The zero-order chi connectivity index (χ0) is 23.2. The number of nitrogens with zero attached hydrogens (tertiary/aromatic N) is 7. The SMILES string of the molecule is COc1cc(N2CC3CC[C@@H](C2)C3Nc2nc3n(n2)CCCN3c2ccc(F)c(F)c2)cnn1. The first kappa shape index (κ1) is 21.1. The normalized spacial score (nSPS) is 23.7. The molecule has 4 heterocycles. The van der Waals surface area contributed by atoms with Gasteiger partial charge in [-0.25, -0.2) is 13.5 Å². The molecular formula is C23H26F2N8O. The van der Waals surface area contributed by atoms with E-state index < -0.39 is 11.6 Å². The van der Waals surface area contributed by atoms with Gasteiger partial charge in [-0.05, 0) is 43.2 Å². The van der Waals surface area contributed by atoms with Crippen LogP contribution < -0.4 is 19.9 Å². The summed E-state index contributed by atoms with van der Waals surface area (Å²) in [6.45, 7) is 3.25. The molecule has 34 heavy (non-hydrogen) atoms. The third-order valence-electron chi connectivity index (χ3n) is 7.18. The molecule has 6 rings (SSSR count). The molecule has 9 nitrogen and oxygen atoms in total. The van der Waals surface area contributed by atoms with Crippen molar-refractivity contribution in [1.29, 1.82) is 0 Å². The molecule has 2 unspecified atom stereocenters. The van der Waals surface area contributed by atoms with Gasteiger partial charge in [0, 0.05) is 50.0 Å². The number of benzene rings is 1. The number of ether oxygens (including phenoxy) is 1. The summed E-state index contributed by atoms with van der Waals surface area (Å²) >= 11 is 0. The average molecular weight is 469 g/mol. The lowest BCUT2D eigenvalue weighted by atomic mass is 9.92. The average Bonchev–Trinajstić information content (AvgIpc) is 3.36. The van der Waals surface area contributed by atoms with E-state index in [4.69, 9.17) is 14.8 Å². The number of halogens is 2. The second-order valence-corrected chi connectivity index (χ2v) is 9.19. The van der Waals surface area contributed by atoms with Crippen LogP contribution in [0, 0.1) is 23.5 Å². The molecule has 1 aromatic carbocycles. The molecule has 1 N–H and O–H groups in total. The van der Waals surface area contributed by atoms with E-state index in [1.165, 1.54) is 6.07 Å². The van der Waals surface area contributed by atoms with Crippen LogP contribution in [0.2, 0.25) is 0 Å². The Kier molecular flexibility index (Phi) is 5.19. The van der Waals surface area contributed by atoms with Crippen molar-refractivity contribution < 1.29 is 13.5 Å². The topological polar surface area (TPSA) is 84.2 Å². The summed E-state index contributed by atoms with van der Waals surface area (Å²) in [7, 11) is 1.60. The summed E-state index contributed by atoms with van der Waals surface area (Å²) in [5, 5.41) is 16.3. The molecular weight excluding hydrogens is 442 g/mol. The minimum Gasteiger partial charge on any atom is -0.480 e. The maximum absolute atomic E-state index is 13.8. The summed E-state index contributed by atoms with van der Waals surface area (Å²) in [5.41, 5.74) is 1.61. The largest absolute Gasteiger partial charge is 0.480 e. The van der Waals surface area contributed by atoms with Gasteiger partial charge in [-0.3, -0.25) is 0 Å². The minimum atomic E-state index is -0.863. The van der Waals surface area contributed by atoms with Crippen molar-refractivity contribution in [1.82, 2.24) is 25.0 Å². The van der Waals surface area contributed by atoms with E-state index in [2.05, 4.69) is 20.4 Å². The number of hydrogen-bond donors (Lipinski definition) is 1. The Balaban J connectivity index is 1.20. The van der Waals surface area contributed by atoms with Gasteiger partial charge in [0.25, 0.3) is 0 Å². The monoisotopic (exact) mass is 468 g/mol. The van der Waals surface area contributed by atoms with Gasteiger partial charge in [0.05, 0.1) is 19.0 Å². The molecule has 1 saturated carbocycles. The molecule has 0 radical (unpaired) electrons. The van der Waals surface area contributed by atoms with Crippen LogP contribution in [0.3, 0.4) is 0 Å². The molecule has 0 amide bonds. The highest BCUT2D eigenvalue weighted by atomic mass is 19.2. The molecule has 2 fully saturated rings. The maximum atomic E-state index is 13.8. The minimum absolute atomic E-state index is 0.286. The van der Waals surface area contributed by atoms with Crippen molar-refractivity contribution in [3.63, 3.8) is 0 Å². The summed E-state index contributed by atoms with van der Waals surface area (Å²) < 4.78 is 34.3. The third-order valence-corrected chi connectivity index (χ3v) is 7.18. The number of piperidine rings is 1. The van der Waals surface area contributed by atoms with E-state index in [9.17, 15) is 8.78 Å². The Bertz CT molecular complexity index is 1190. The second kappa shape index (κ2) is 8.37. The summed E-state index contributed by atoms with van der Waals surface area (Å²) in [6.07, 6.45) is 4.92. The van der Waals surface area contributed by atoms with Gasteiger partial charge in [-0.2, -0.15) is 10.1 Å². The zero-order valence-electron chi connectivity index (χ0n) is 18.9. The fourth-order valence-electron chi connectivity index (χ4n) is 5.55. The van der Waals surface area contributed by atoms with Crippen molar-refractivity contribution in [3.05, 3.63) is 42.1 Å². The van der Waals surface area contributed by atoms with E-state index in [0.29, 0.717) is 41.8 Å². The third kappa shape index (κ3) is 3.68. The standard InChI is InChI=1S/C23H26F2N8O/c1-34-20-10-17(11-26-29-20)31-12-14-3-4-15(13-31)21(14)27-22-28-23-32(7-2-8-33(23)30-22)16-5-6-18(24)19(25)9-16/h5-6,9-11,14-15,21H,2-4,7-8,12-13H2,1H3,(H,27,30)/t14-,15?,21?/m0/s1. The van der Waals surface area contributed by atoms with Gasteiger partial charge in [0.1, 0.15) is 0 Å². The fourth-order valence-corrected chi connectivity index (χ4v) is 5.55. The van der Waals surface area contributed by atoms with E-state index in [-0.39, 0.29) is 6.04 Å². The first-order valence-corrected chi connectivity index (χ1v) is 11.6. The molecule has 11 heteroatoms. The van der Waals surface area contributed by atoms with E-state index in [1.807, 2.05) is 15.6 Å². The lowest BCUT2D eigenvalue weighted by Crippen LogP contribution is -2.48. The van der Waals surface area contributed by atoms with Crippen LogP contribution in [-0.2, 0) is 6.54 Å². The van der Waals surface area contributed by atoms with Crippen molar-refractivity contribution in [2.24, 2.45) is 11.8 Å². The molecule has 2 aromatic heterocycles. The van der Waals surface area contributed by atoms with Crippen LogP contribution in [0.15, 0.2) is 30.5 Å². The van der Waals surface area contributed by atoms with Crippen molar-refractivity contribution >= 4 is 23.3 Å². The lowest BCUT2D eigenvalue weighted by Gasteiger charge is -2.39. The fraction of sp³-hybridized carbons (Fsp3) is 0.478. The molecule has 3 aromatic rings. The maximum Gasteiger partial charge on any atom is 0.244 e. The number of methoxy groups -OCH3 is 1. The molecule has 1 aliphatic carbocycles. The Morgan fingerprint density at radius 2 is 1.85 bits per heavy atom. The van der Waals surface area contributed by atoms with Crippen LogP contribution in [0.5, 0.6) is 5.88 Å². The molecule has 178 valence electrons. The first-order chi connectivity index (χ1) is 16.6. The molecule has 3 aliphatic rings. The number of fused-ring (bicyclic) bond motifs is 3. The molecule has 3 atom stereocenters. The Hall–Kier alpha value is -3.50. The number of nitrogens with one attached hydrogen (secondary N) is 1. The molecule has 0 spiro atoms. The van der Waals surface area contributed by atoms with Crippen molar-refractivity contribution in [2.75, 3.05) is 41.9 Å². The number of aryl methyl sites for hydroxylation is 1. The second-order valence-electron chi connectivity index (χ2n) is 9.19. The predicted molar refractivity (Wildman–Crippen MR) is 122 cm³/mol.